The first-order chi connectivity index (χ1) is 15.7. The maximum absolute atomic E-state index is 13.7. The first-order valence-corrected chi connectivity index (χ1v) is 10.7. The van der Waals surface area contributed by atoms with E-state index in [1.54, 1.807) is 18.4 Å². The van der Waals surface area contributed by atoms with E-state index in [2.05, 4.69) is 5.16 Å². The summed E-state index contributed by atoms with van der Waals surface area (Å²) >= 11 is 0. The molecule has 1 N–H and O–H groups in total. The molecule has 0 spiro atoms. The number of rotatable bonds is 11. The van der Waals surface area contributed by atoms with Crippen molar-refractivity contribution in [1.82, 2.24) is 4.90 Å². The van der Waals surface area contributed by atoms with E-state index in [4.69, 9.17) is 14.0 Å². The molecule has 0 aliphatic carbocycles. The highest BCUT2D eigenvalue weighted by Gasteiger charge is 2.25. The Kier molecular flexibility index (Phi) is 7.66. The lowest BCUT2D eigenvalue weighted by Gasteiger charge is -2.27. The molecule has 1 aliphatic heterocycles. The van der Waals surface area contributed by atoms with Crippen LogP contribution in [0.3, 0.4) is 0 Å². The first-order valence-electron chi connectivity index (χ1n) is 10.7. The molecule has 7 heteroatoms. The average Bonchev–Trinajstić information content (AvgIpc) is 3.47. The molecule has 4 rings (SSSR count). The van der Waals surface area contributed by atoms with E-state index in [0.717, 1.165) is 16.8 Å². The highest BCUT2D eigenvalue weighted by atomic mass is 19.1. The molecule has 2 aromatic carbocycles. The van der Waals surface area contributed by atoms with E-state index < -0.39 is 6.10 Å². The van der Waals surface area contributed by atoms with E-state index in [0.29, 0.717) is 38.4 Å². The van der Waals surface area contributed by atoms with Gasteiger partial charge in [0.2, 0.25) is 0 Å². The van der Waals surface area contributed by atoms with Crippen molar-refractivity contribution in [2.75, 3.05) is 19.7 Å². The Morgan fingerprint density at radius 3 is 2.78 bits per heavy atom. The zero-order chi connectivity index (χ0) is 22.2. The maximum atomic E-state index is 13.7. The molecule has 0 bridgehead atoms. The fourth-order valence-electron chi connectivity index (χ4n) is 3.75. The number of hydrogen-bond donors (Lipinski definition) is 1. The van der Waals surface area contributed by atoms with Crippen molar-refractivity contribution in [2.24, 2.45) is 5.16 Å². The second kappa shape index (κ2) is 11.0. The highest BCUT2D eigenvalue weighted by Crippen LogP contribution is 2.19. The minimum atomic E-state index is -0.713. The zero-order valence-corrected chi connectivity index (χ0v) is 17.8. The summed E-state index contributed by atoms with van der Waals surface area (Å²) in [5, 5.41) is 14.8. The van der Waals surface area contributed by atoms with E-state index in [1.165, 1.54) is 12.1 Å². The van der Waals surface area contributed by atoms with Crippen LogP contribution in [0.1, 0.15) is 23.3 Å². The van der Waals surface area contributed by atoms with Crippen LogP contribution in [0, 0.1) is 5.82 Å². The molecule has 0 unspecified atom stereocenters. The molecular formula is C25H27FN2O4. The molecule has 6 nitrogen and oxygen atoms in total. The quantitative estimate of drug-likeness (QED) is 0.490. The van der Waals surface area contributed by atoms with Gasteiger partial charge in [-0.3, -0.25) is 4.90 Å². The molecule has 2 atom stereocenters. The van der Waals surface area contributed by atoms with Crippen molar-refractivity contribution < 1.29 is 23.5 Å². The van der Waals surface area contributed by atoms with Gasteiger partial charge in [0.25, 0.3) is 0 Å². The van der Waals surface area contributed by atoms with Crippen LogP contribution >= 0.6 is 0 Å². The van der Waals surface area contributed by atoms with Gasteiger partial charge >= 0.3 is 0 Å². The van der Waals surface area contributed by atoms with Crippen LogP contribution in [-0.4, -0.2) is 47.6 Å². The van der Waals surface area contributed by atoms with E-state index in [-0.39, 0.29) is 18.5 Å². The van der Waals surface area contributed by atoms with Crippen LogP contribution in [0.2, 0.25) is 0 Å². The van der Waals surface area contributed by atoms with Crippen LogP contribution in [-0.2, 0) is 22.7 Å². The van der Waals surface area contributed by atoms with Crippen LogP contribution < -0.4 is 0 Å². The Labute approximate surface area is 186 Å². The van der Waals surface area contributed by atoms with Gasteiger partial charge in [-0.15, -0.1) is 0 Å². The minimum Gasteiger partial charge on any atom is -0.467 e. The number of aliphatic hydroxyl groups excluding tert-OH is 1. The van der Waals surface area contributed by atoms with Gasteiger partial charge in [0.1, 0.15) is 24.3 Å². The maximum Gasteiger partial charge on any atom is 0.145 e. The first kappa shape index (κ1) is 22.2. The number of oxime groups is 1. The smallest absolute Gasteiger partial charge is 0.145 e. The predicted molar refractivity (Wildman–Crippen MR) is 119 cm³/mol. The predicted octanol–water partition coefficient (Wildman–Crippen LogP) is 3.99. The van der Waals surface area contributed by atoms with Gasteiger partial charge in [0, 0.05) is 26.1 Å². The fraction of sp³-hybridized carbons (Fsp3) is 0.320. The second-order valence-corrected chi connectivity index (χ2v) is 7.91. The lowest BCUT2D eigenvalue weighted by Crippen LogP contribution is -2.39. The lowest BCUT2D eigenvalue weighted by atomic mass is 10.0. The molecule has 0 radical (unpaired) electrons. The highest BCUT2D eigenvalue weighted by molar-refractivity contribution is 6.01. The lowest BCUT2D eigenvalue weighted by molar-refractivity contribution is -0.00957. The number of nitrogens with zero attached hydrogens (tertiary/aromatic N) is 2. The molecule has 2 heterocycles. The van der Waals surface area contributed by atoms with Gasteiger partial charge in [-0.05, 0) is 35.4 Å². The van der Waals surface area contributed by atoms with Gasteiger partial charge in [0.15, 0.2) is 0 Å². The Morgan fingerprint density at radius 2 is 2.00 bits per heavy atom. The zero-order valence-electron chi connectivity index (χ0n) is 17.8. The van der Waals surface area contributed by atoms with Crippen molar-refractivity contribution in [3.05, 3.63) is 95.7 Å². The largest absolute Gasteiger partial charge is 0.467 e. The summed E-state index contributed by atoms with van der Waals surface area (Å²) in [5.74, 6) is 0.426. The Bertz CT molecular complexity index is 994. The van der Waals surface area contributed by atoms with Gasteiger partial charge < -0.3 is 19.1 Å². The van der Waals surface area contributed by atoms with Crippen LogP contribution in [0.5, 0.6) is 0 Å². The Balaban J connectivity index is 1.34. The summed E-state index contributed by atoms with van der Waals surface area (Å²) in [5.41, 5.74) is 2.78. The summed E-state index contributed by atoms with van der Waals surface area (Å²) in [7, 11) is 0. The van der Waals surface area contributed by atoms with Crippen LogP contribution in [0.15, 0.2) is 82.6 Å². The minimum absolute atomic E-state index is 0.144. The number of benzene rings is 2. The van der Waals surface area contributed by atoms with Crippen molar-refractivity contribution in [3.63, 3.8) is 0 Å². The van der Waals surface area contributed by atoms with Crippen molar-refractivity contribution in [2.45, 2.75) is 31.8 Å². The molecule has 0 fully saturated rings. The SMILES string of the molecule is O[C@@H](COCc1ccco1)CN(Cc1cccc(F)c1)C[C@@H]1CC(c2ccccc2)=NO1. The van der Waals surface area contributed by atoms with Crippen molar-refractivity contribution in [3.8, 4) is 0 Å². The Hall–Kier alpha value is -3.00. The molecule has 168 valence electrons. The normalized spacial score (nSPS) is 16.7. The molecule has 1 aliphatic rings. The van der Waals surface area contributed by atoms with E-state index in [9.17, 15) is 9.50 Å². The van der Waals surface area contributed by atoms with Gasteiger partial charge in [-0.1, -0.05) is 47.6 Å². The van der Waals surface area contributed by atoms with Gasteiger partial charge in [0.05, 0.1) is 24.7 Å². The number of ether oxygens (including phenoxy) is 1. The number of hydrogen-bond acceptors (Lipinski definition) is 6. The number of halogens is 1. The van der Waals surface area contributed by atoms with Gasteiger partial charge in [-0.25, -0.2) is 4.39 Å². The summed E-state index contributed by atoms with van der Waals surface area (Å²) < 4.78 is 24.5. The third-order valence-corrected chi connectivity index (χ3v) is 5.20. The number of aliphatic hydroxyl groups is 1. The third-order valence-electron chi connectivity index (χ3n) is 5.20. The third kappa shape index (κ3) is 6.50. The molecule has 3 aromatic rings. The monoisotopic (exact) mass is 438 g/mol. The summed E-state index contributed by atoms with van der Waals surface area (Å²) in [4.78, 5) is 7.72. The Morgan fingerprint density at radius 1 is 1.12 bits per heavy atom. The molecule has 0 saturated heterocycles. The van der Waals surface area contributed by atoms with Crippen molar-refractivity contribution in [1.29, 1.82) is 0 Å². The van der Waals surface area contributed by atoms with Crippen LogP contribution in [0.25, 0.3) is 0 Å². The number of furan rings is 1. The topological polar surface area (TPSA) is 67.4 Å². The molecule has 0 saturated carbocycles. The molecule has 1 aromatic heterocycles. The second-order valence-electron chi connectivity index (χ2n) is 7.91. The molecule has 0 amide bonds. The fourth-order valence-corrected chi connectivity index (χ4v) is 3.75. The van der Waals surface area contributed by atoms with Crippen molar-refractivity contribution >= 4 is 5.71 Å². The molecular weight excluding hydrogens is 411 g/mol. The summed E-state index contributed by atoms with van der Waals surface area (Å²) in [6, 6.07) is 20.0. The van der Waals surface area contributed by atoms with Crippen LogP contribution in [0.4, 0.5) is 4.39 Å². The van der Waals surface area contributed by atoms with Gasteiger partial charge in [-0.2, -0.15) is 0 Å². The van der Waals surface area contributed by atoms with E-state index >= 15 is 0 Å². The average molecular weight is 438 g/mol. The summed E-state index contributed by atoms with van der Waals surface area (Å²) in [6.45, 7) is 1.85. The molecule has 32 heavy (non-hydrogen) atoms. The van der Waals surface area contributed by atoms with E-state index in [1.807, 2.05) is 47.4 Å². The summed E-state index contributed by atoms with van der Waals surface area (Å²) in [6.07, 6.45) is 1.40. The standard InChI is InChI=1S/C25H27FN2O4/c26-21-9-4-6-19(12-21)14-28(15-22(29)17-30-18-23-10-5-11-31-23)16-24-13-25(27-32-24)20-7-2-1-3-8-20/h1-12,22,24,29H,13-18H2/t22-,24+/m1/s1.